The molecule has 0 aliphatic heterocycles. The number of rotatable bonds is 5. The highest BCUT2D eigenvalue weighted by Crippen LogP contribution is 2.23. The fourth-order valence-corrected chi connectivity index (χ4v) is 2.13. The topological polar surface area (TPSA) is 27.8 Å². The molecule has 17 heavy (non-hydrogen) atoms. The second-order valence-corrected chi connectivity index (χ2v) is 4.78. The quantitative estimate of drug-likeness (QED) is 0.786. The molecule has 1 heterocycles. The van der Waals surface area contributed by atoms with Crippen LogP contribution in [0, 0.1) is 0 Å². The molecule has 2 N–H and O–H groups in total. The third-order valence-electron chi connectivity index (χ3n) is 3.31. The molecule has 2 rings (SSSR count). The predicted octanol–water partition coefficient (Wildman–Crippen LogP) is 4.33. The first-order chi connectivity index (χ1) is 8.24. The Hall–Kier alpha value is -1.44. The van der Waals surface area contributed by atoms with E-state index in [0.717, 1.165) is 12.8 Å². The Morgan fingerprint density at radius 3 is 2.82 bits per heavy atom. The summed E-state index contributed by atoms with van der Waals surface area (Å²) in [6.45, 7) is 6.64. The minimum Gasteiger partial charge on any atom is -0.383 e. The molecule has 0 bridgehead atoms. The molecule has 0 amide bonds. The van der Waals surface area contributed by atoms with E-state index < -0.39 is 0 Å². The Balaban J connectivity index is 2.30. The van der Waals surface area contributed by atoms with E-state index in [-0.39, 0.29) is 0 Å². The van der Waals surface area contributed by atoms with Crippen molar-refractivity contribution in [2.24, 2.45) is 0 Å². The summed E-state index contributed by atoms with van der Waals surface area (Å²) in [5.41, 5.74) is 3.89. The molecule has 0 saturated carbocycles. The molecule has 2 aromatic rings. The Kier molecular flexibility index (Phi) is 3.72. The maximum Gasteiger partial charge on any atom is 0.0458 e. The van der Waals surface area contributed by atoms with Crippen LogP contribution in [-0.2, 0) is 6.42 Å². The van der Waals surface area contributed by atoms with Crippen LogP contribution in [0.1, 0.15) is 39.2 Å². The zero-order chi connectivity index (χ0) is 12.3. The average molecular weight is 230 g/mol. The van der Waals surface area contributed by atoms with Crippen LogP contribution >= 0.6 is 0 Å². The van der Waals surface area contributed by atoms with Gasteiger partial charge in [0.05, 0.1) is 0 Å². The van der Waals surface area contributed by atoms with E-state index in [1.165, 1.54) is 28.6 Å². The highest BCUT2D eigenvalue weighted by Gasteiger charge is 2.05. The van der Waals surface area contributed by atoms with Gasteiger partial charge < -0.3 is 10.3 Å². The number of aryl methyl sites for hydroxylation is 1. The molecule has 0 spiro atoms. The number of hydrogen-bond acceptors (Lipinski definition) is 1. The molecule has 2 heteroatoms. The third kappa shape index (κ3) is 2.63. The minimum atomic E-state index is 0.529. The number of aromatic nitrogens is 1. The standard InChI is InChI=1S/C15H22N2/c1-4-6-12-10-16-15-8-7-13(9-14(12)15)17-11(3)5-2/h7-11,16-17H,4-6H2,1-3H3. The monoisotopic (exact) mass is 230 g/mol. The highest BCUT2D eigenvalue weighted by atomic mass is 14.9. The van der Waals surface area contributed by atoms with Gasteiger partial charge in [-0.2, -0.15) is 0 Å². The molecule has 1 unspecified atom stereocenters. The number of anilines is 1. The van der Waals surface area contributed by atoms with Crippen LogP contribution < -0.4 is 5.32 Å². The summed E-state index contributed by atoms with van der Waals surface area (Å²) < 4.78 is 0. The lowest BCUT2D eigenvalue weighted by Crippen LogP contribution is -2.13. The molecule has 0 aliphatic carbocycles. The van der Waals surface area contributed by atoms with Crippen LogP contribution in [-0.4, -0.2) is 11.0 Å². The van der Waals surface area contributed by atoms with E-state index in [4.69, 9.17) is 0 Å². The van der Waals surface area contributed by atoms with Crippen LogP contribution in [0.15, 0.2) is 24.4 Å². The lowest BCUT2D eigenvalue weighted by atomic mass is 10.1. The van der Waals surface area contributed by atoms with Crippen molar-refractivity contribution in [2.45, 2.75) is 46.1 Å². The Bertz CT molecular complexity index is 485. The first-order valence-electron chi connectivity index (χ1n) is 6.61. The summed E-state index contributed by atoms with van der Waals surface area (Å²) in [4.78, 5) is 3.34. The van der Waals surface area contributed by atoms with Gasteiger partial charge in [0.2, 0.25) is 0 Å². The van der Waals surface area contributed by atoms with E-state index in [1.807, 2.05) is 0 Å². The SMILES string of the molecule is CCCc1c[nH]c2ccc(NC(C)CC)cc12. The molecule has 2 nitrogen and oxygen atoms in total. The number of fused-ring (bicyclic) bond motifs is 1. The van der Waals surface area contributed by atoms with Gasteiger partial charge in [-0.15, -0.1) is 0 Å². The number of H-pyrrole nitrogens is 1. The Morgan fingerprint density at radius 1 is 1.29 bits per heavy atom. The Labute approximate surface area is 103 Å². The summed E-state index contributed by atoms with van der Waals surface area (Å²) >= 11 is 0. The molecular weight excluding hydrogens is 208 g/mol. The van der Waals surface area contributed by atoms with Crippen LogP contribution in [0.5, 0.6) is 0 Å². The van der Waals surface area contributed by atoms with Crippen molar-refractivity contribution in [3.05, 3.63) is 30.0 Å². The maximum atomic E-state index is 3.53. The van der Waals surface area contributed by atoms with Crippen LogP contribution in [0.2, 0.25) is 0 Å². The van der Waals surface area contributed by atoms with Gasteiger partial charge in [0, 0.05) is 28.8 Å². The molecule has 92 valence electrons. The summed E-state index contributed by atoms with van der Waals surface area (Å²) in [7, 11) is 0. The van der Waals surface area contributed by atoms with Gasteiger partial charge in [-0.1, -0.05) is 20.3 Å². The second kappa shape index (κ2) is 5.26. The van der Waals surface area contributed by atoms with Crippen molar-refractivity contribution in [3.63, 3.8) is 0 Å². The molecule has 0 saturated heterocycles. The van der Waals surface area contributed by atoms with Gasteiger partial charge in [-0.25, -0.2) is 0 Å². The van der Waals surface area contributed by atoms with Crippen molar-refractivity contribution < 1.29 is 0 Å². The molecular formula is C15H22N2. The smallest absolute Gasteiger partial charge is 0.0458 e. The van der Waals surface area contributed by atoms with Gasteiger partial charge >= 0.3 is 0 Å². The largest absolute Gasteiger partial charge is 0.383 e. The van der Waals surface area contributed by atoms with E-state index in [1.54, 1.807) is 0 Å². The number of aromatic amines is 1. The maximum absolute atomic E-state index is 3.53. The average Bonchev–Trinajstić information content (AvgIpc) is 2.73. The summed E-state index contributed by atoms with van der Waals surface area (Å²) in [6.07, 6.45) is 5.62. The molecule has 0 aliphatic rings. The number of hydrogen-bond donors (Lipinski definition) is 2. The zero-order valence-electron chi connectivity index (χ0n) is 11.0. The van der Waals surface area contributed by atoms with Gasteiger partial charge in [0.15, 0.2) is 0 Å². The van der Waals surface area contributed by atoms with Crippen LogP contribution in [0.4, 0.5) is 5.69 Å². The fourth-order valence-electron chi connectivity index (χ4n) is 2.13. The predicted molar refractivity (Wildman–Crippen MR) is 75.7 cm³/mol. The van der Waals surface area contributed by atoms with Crippen molar-refractivity contribution in [1.82, 2.24) is 4.98 Å². The highest BCUT2D eigenvalue weighted by molar-refractivity contribution is 5.86. The van der Waals surface area contributed by atoms with Crippen LogP contribution in [0.3, 0.4) is 0 Å². The van der Waals surface area contributed by atoms with Crippen molar-refractivity contribution in [1.29, 1.82) is 0 Å². The van der Waals surface area contributed by atoms with Gasteiger partial charge in [0.25, 0.3) is 0 Å². The van der Waals surface area contributed by atoms with Crippen molar-refractivity contribution in [3.8, 4) is 0 Å². The van der Waals surface area contributed by atoms with Crippen LogP contribution in [0.25, 0.3) is 10.9 Å². The second-order valence-electron chi connectivity index (χ2n) is 4.78. The molecule has 0 fully saturated rings. The summed E-state index contributed by atoms with van der Waals surface area (Å²) in [5.74, 6) is 0. The first kappa shape index (κ1) is 12.0. The van der Waals surface area contributed by atoms with Gasteiger partial charge in [-0.3, -0.25) is 0 Å². The minimum absolute atomic E-state index is 0.529. The van der Waals surface area contributed by atoms with E-state index in [9.17, 15) is 0 Å². The van der Waals surface area contributed by atoms with Crippen molar-refractivity contribution in [2.75, 3.05) is 5.32 Å². The zero-order valence-corrected chi connectivity index (χ0v) is 11.0. The number of nitrogens with one attached hydrogen (secondary N) is 2. The number of benzene rings is 1. The summed E-state index contributed by atoms with van der Waals surface area (Å²) in [6, 6.07) is 7.11. The normalized spacial score (nSPS) is 12.9. The summed E-state index contributed by atoms with van der Waals surface area (Å²) in [5, 5.41) is 4.89. The van der Waals surface area contributed by atoms with E-state index in [0.29, 0.717) is 6.04 Å². The molecule has 0 radical (unpaired) electrons. The fraction of sp³-hybridized carbons (Fsp3) is 0.467. The first-order valence-corrected chi connectivity index (χ1v) is 6.61. The van der Waals surface area contributed by atoms with E-state index in [2.05, 4.69) is 55.5 Å². The lowest BCUT2D eigenvalue weighted by Gasteiger charge is -2.13. The Morgan fingerprint density at radius 2 is 2.12 bits per heavy atom. The molecule has 1 atom stereocenters. The third-order valence-corrected chi connectivity index (χ3v) is 3.31. The van der Waals surface area contributed by atoms with E-state index >= 15 is 0 Å². The molecule has 1 aromatic heterocycles. The van der Waals surface area contributed by atoms with Gasteiger partial charge in [0.1, 0.15) is 0 Å². The lowest BCUT2D eigenvalue weighted by molar-refractivity contribution is 0.764. The molecule has 1 aromatic carbocycles. The van der Waals surface area contributed by atoms with Crippen molar-refractivity contribution >= 4 is 16.6 Å². The van der Waals surface area contributed by atoms with Gasteiger partial charge in [-0.05, 0) is 43.5 Å².